The smallest absolute Gasteiger partial charge is 0.262 e. The summed E-state index contributed by atoms with van der Waals surface area (Å²) in [5.74, 6) is 0.280. The van der Waals surface area contributed by atoms with Crippen LogP contribution in [0.5, 0.6) is 5.75 Å². The van der Waals surface area contributed by atoms with Gasteiger partial charge < -0.3 is 10.1 Å². The monoisotopic (exact) mass is 371 g/mol. The third-order valence-electron chi connectivity index (χ3n) is 3.56. The van der Waals surface area contributed by atoms with Gasteiger partial charge in [0.25, 0.3) is 5.91 Å². The molecule has 1 amide bonds. The second kappa shape index (κ2) is 8.06. The van der Waals surface area contributed by atoms with Crippen molar-refractivity contribution in [3.05, 3.63) is 82.8 Å². The van der Waals surface area contributed by atoms with Gasteiger partial charge in [-0.3, -0.25) is 4.79 Å². The highest BCUT2D eigenvalue weighted by molar-refractivity contribution is 6.39. The Balaban J connectivity index is 1.59. The van der Waals surface area contributed by atoms with Crippen molar-refractivity contribution in [3.8, 4) is 16.9 Å². The average molecular weight is 372 g/mol. The first kappa shape index (κ1) is 17.3. The Labute approximate surface area is 156 Å². The molecule has 3 aromatic rings. The van der Waals surface area contributed by atoms with Crippen molar-refractivity contribution in [3.63, 3.8) is 0 Å². The minimum atomic E-state index is -0.331. The lowest BCUT2D eigenvalue weighted by Gasteiger charge is -2.10. The SMILES string of the molecule is O=C(COc1ccc(-c2ccccc2)cc1)Nc1c(Cl)cccc1Cl. The van der Waals surface area contributed by atoms with E-state index in [-0.39, 0.29) is 12.5 Å². The molecule has 3 rings (SSSR count). The van der Waals surface area contributed by atoms with Crippen LogP contribution in [0.1, 0.15) is 0 Å². The van der Waals surface area contributed by atoms with Crippen LogP contribution in [-0.4, -0.2) is 12.5 Å². The van der Waals surface area contributed by atoms with Gasteiger partial charge in [-0.05, 0) is 35.4 Å². The minimum Gasteiger partial charge on any atom is -0.484 e. The molecule has 25 heavy (non-hydrogen) atoms. The molecule has 0 saturated carbocycles. The summed E-state index contributed by atoms with van der Waals surface area (Å²) in [6.07, 6.45) is 0. The predicted octanol–water partition coefficient (Wildman–Crippen LogP) is 5.68. The van der Waals surface area contributed by atoms with Crippen molar-refractivity contribution < 1.29 is 9.53 Å². The number of para-hydroxylation sites is 1. The van der Waals surface area contributed by atoms with Crippen molar-refractivity contribution in [2.75, 3.05) is 11.9 Å². The molecule has 0 radical (unpaired) electrons. The summed E-state index contributed by atoms with van der Waals surface area (Å²) >= 11 is 12.1. The number of ether oxygens (including phenoxy) is 1. The predicted molar refractivity (Wildman–Crippen MR) is 102 cm³/mol. The molecule has 3 aromatic carbocycles. The lowest BCUT2D eigenvalue weighted by molar-refractivity contribution is -0.118. The van der Waals surface area contributed by atoms with Crippen molar-refractivity contribution in [2.45, 2.75) is 0 Å². The number of halogens is 2. The van der Waals surface area contributed by atoms with Gasteiger partial charge in [-0.25, -0.2) is 0 Å². The first-order valence-corrected chi connectivity index (χ1v) is 8.41. The Morgan fingerprint density at radius 3 is 2.04 bits per heavy atom. The molecule has 3 nitrogen and oxygen atoms in total. The number of carbonyl (C=O) groups is 1. The Hall–Kier alpha value is -2.49. The van der Waals surface area contributed by atoms with Crippen LogP contribution in [0.25, 0.3) is 11.1 Å². The Kier molecular flexibility index (Phi) is 5.59. The second-order valence-electron chi connectivity index (χ2n) is 5.32. The first-order valence-electron chi connectivity index (χ1n) is 7.65. The van der Waals surface area contributed by atoms with E-state index in [4.69, 9.17) is 27.9 Å². The minimum absolute atomic E-state index is 0.133. The van der Waals surface area contributed by atoms with E-state index in [1.807, 2.05) is 54.6 Å². The number of rotatable bonds is 5. The molecule has 1 N–H and O–H groups in total. The number of hydrogen-bond acceptors (Lipinski definition) is 2. The van der Waals surface area contributed by atoms with E-state index in [0.717, 1.165) is 11.1 Å². The first-order chi connectivity index (χ1) is 12.1. The Bertz CT molecular complexity index is 844. The maximum absolute atomic E-state index is 12.0. The molecule has 0 aliphatic heterocycles. The van der Waals surface area contributed by atoms with Crippen LogP contribution in [0.15, 0.2) is 72.8 Å². The van der Waals surface area contributed by atoms with Gasteiger partial charge in [-0.2, -0.15) is 0 Å². The molecule has 0 spiro atoms. The molecule has 0 bridgehead atoms. The highest BCUT2D eigenvalue weighted by Gasteiger charge is 2.10. The molecule has 0 unspecified atom stereocenters. The molecule has 0 fully saturated rings. The summed E-state index contributed by atoms with van der Waals surface area (Å²) in [5.41, 5.74) is 2.60. The lowest BCUT2D eigenvalue weighted by Crippen LogP contribution is -2.20. The largest absolute Gasteiger partial charge is 0.484 e. The van der Waals surface area contributed by atoms with E-state index in [1.165, 1.54) is 0 Å². The van der Waals surface area contributed by atoms with Gasteiger partial charge in [0.05, 0.1) is 15.7 Å². The normalized spacial score (nSPS) is 10.3. The number of amides is 1. The third kappa shape index (κ3) is 4.53. The van der Waals surface area contributed by atoms with Gasteiger partial charge >= 0.3 is 0 Å². The number of benzene rings is 3. The highest BCUT2D eigenvalue weighted by Crippen LogP contribution is 2.29. The Morgan fingerprint density at radius 2 is 1.40 bits per heavy atom. The van der Waals surface area contributed by atoms with Gasteiger partial charge in [0.15, 0.2) is 6.61 Å². The van der Waals surface area contributed by atoms with E-state index in [0.29, 0.717) is 21.5 Å². The van der Waals surface area contributed by atoms with Crippen LogP contribution in [0.3, 0.4) is 0 Å². The molecule has 5 heteroatoms. The van der Waals surface area contributed by atoms with Crippen molar-refractivity contribution in [2.24, 2.45) is 0 Å². The summed E-state index contributed by atoms with van der Waals surface area (Å²) in [7, 11) is 0. The number of carbonyl (C=O) groups excluding carboxylic acids is 1. The quantitative estimate of drug-likeness (QED) is 0.626. The average Bonchev–Trinajstić information content (AvgIpc) is 2.64. The fraction of sp³-hybridized carbons (Fsp3) is 0.0500. The summed E-state index contributed by atoms with van der Waals surface area (Å²) in [5, 5.41) is 3.42. The zero-order chi connectivity index (χ0) is 17.6. The van der Waals surface area contributed by atoms with Crippen LogP contribution >= 0.6 is 23.2 Å². The van der Waals surface area contributed by atoms with E-state index in [2.05, 4.69) is 5.32 Å². The molecule has 0 atom stereocenters. The zero-order valence-corrected chi connectivity index (χ0v) is 14.7. The molecular weight excluding hydrogens is 357 g/mol. The van der Waals surface area contributed by atoms with Crippen molar-refractivity contribution in [1.82, 2.24) is 0 Å². The number of hydrogen-bond donors (Lipinski definition) is 1. The molecule has 0 aliphatic rings. The second-order valence-corrected chi connectivity index (χ2v) is 6.14. The van der Waals surface area contributed by atoms with Gasteiger partial charge in [0, 0.05) is 0 Å². The van der Waals surface area contributed by atoms with Crippen LogP contribution in [0.4, 0.5) is 5.69 Å². The van der Waals surface area contributed by atoms with Gasteiger partial charge in [-0.15, -0.1) is 0 Å². The van der Waals surface area contributed by atoms with E-state index < -0.39 is 0 Å². The lowest BCUT2D eigenvalue weighted by atomic mass is 10.1. The maximum Gasteiger partial charge on any atom is 0.262 e. The molecule has 0 saturated heterocycles. The topological polar surface area (TPSA) is 38.3 Å². The standard InChI is InChI=1S/C20H15Cl2NO2/c21-17-7-4-8-18(22)20(17)23-19(24)13-25-16-11-9-15(10-12-16)14-5-2-1-3-6-14/h1-12H,13H2,(H,23,24). The van der Waals surface area contributed by atoms with E-state index in [9.17, 15) is 4.79 Å². The van der Waals surface area contributed by atoms with Gasteiger partial charge in [0.1, 0.15) is 5.75 Å². The molecule has 0 aliphatic carbocycles. The molecule has 126 valence electrons. The third-order valence-corrected chi connectivity index (χ3v) is 4.19. The summed E-state index contributed by atoms with van der Waals surface area (Å²) in [6.45, 7) is -0.133. The van der Waals surface area contributed by atoms with E-state index in [1.54, 1.807) is 18.2 Å². The van der Waals surface area contributed by atoms with Crippen LogP contribution in [0, 0.1) is 0 Å². The van der Waals surface area contributed by atoms with Crippen molar-refractivity contribution in [1.29, 1.82) is 0 Å². The molecular formula is C20H15Cl2NO2. The van der Waals surface area contributed by atoms with Crippen LogP contribution in [0.2, 0.25) is 10.0 Å². The fourth-order valence-corrected chi connectivity index (χ4v) is 2.81. The molecule has 0 heterocycles. The summed E-state index contributed by atoms with van der Waals surface area (Å²) in [4.78, 5) is 12.0. The maximum atomic E-state index is 12.0. The Morgan fingerprint density at radius 1 is 0.800 bits per heavy atom. The van der Waals surface area contributed by atoms with Crippen molar-refractivity contribution >= 4 is 34.8 Å². The summed E-state index contributed by atoms with van der Waals surface area (Å²) < 4.78 is 5.51. The number of nitrogens with one attached hydrogen (secondary N) is 1. The molecule has 0 aromatic heterocycles. The van der Waals surface area contributed by atoms with Gasteiger partial charge in [0.2, 0.25) is 0 Å². The summed E-state index contributed by atoms with van der Waals surface area (Å²) in [6, 6.07) is 22.6. The van der Waals surface area contributed by atoms with Gasteiger partial charge in [-0.1, -0.05) is 71.7 Å². The zero-order valence-electron chi connectivity index (χ0n) is 13.2. The number of anilines is 1. The van der Waals surface area contributed by atoms with Crippen LogP contribution in [-0.2, 0) is 4.79 Å². The van der Waals surface area contributed by atoms with Crippen LogP contribution < -0.4 is 10.1 Å². The fourth-order valence-electron chi connectivity index (χ4n) is 2.32. The highest BCUT2D eigenvalue weighted by atomic mass is 35.5. The van der Waals surface area contributed by atoms with E-state index >= 15 is 0 Å².